The molecule has 0 aliphatic heterocycles. The van der Waals surface area contributed by atoms with Gasteiger partial charge < -0.3 is 4.74 Å². The fourth-order valence-electron chi connectivity index (χ4n) is 3.23. The number of allylic oxidation sites excluding steroid dienone is 3. The van der Waals surface area contributed by atoms with E-state index in [1.807, 2.05) is 0 Å². The van der Waals surface area contributed by atoms with Crippen molar-refractivity contribution < 1.29 is 14.3 Å². The lowest BCUT2D eigenvalue weighted by Gasteiger charge is -2.11. The molecule has 0 N–H and O–H groups in total. The lowest BCUT2D eigenvalue weighted by Crippen LogP contribution is -2.10. The molecule has 0 saturated heterocycles. The molecule has 1 aliphatic carbocycles. The maximum atomic E-state index is 12.1. The van der Waals surface area contributed by atoms with Gasteiger partial charge in [0, 0.05) is 6.42 Å². The number of Topliss-reactive ketones (excluding diaryl/α,β-unsaturated/α-hetero) is 1. The minimum absolute atomic E-state index is 0.172. The first-order valence-corrected chi connectivity index (χ1v) is 9.97. The van der Waals surface area contributed by atoms with Crippen LogP contribution < -0.4 is 0 Å². The van der Waals surface area contributed by atoms with E-state index < -0.39 is 0 Å². The molecule has 0 bridgehead atoms. The second-order valence-corrected chi connectivity index (χ2v) is 7.61. The maximum Gasteiger partial charge on any atom is 0.309 e. The third-order valence-electron chi connectivity index (χ3n) is 4.89. The number of hydrogen-bond acceptors (Lipinski definition) is 3. The Morgan fingerprint density at radius 2 is 1.96 bits per heavy atom. The lowest BCUT2D eigenvalue weighted by atomic mass is 10.0. The highest BCUT2D eigenvalue weighted by molar-refractivity contribution is 5.99. The number of rotatable bonds is 12. The largest absolute Gasteiger partial charge is 0.465 e. The van der Waals surface area contributed by atoms with Crippen LogP contribution in [0.3, 0.4) is 0 Å². The molecular formula is C22H36O3. The molecule has 25 heavy (non-hydrogen) atoms. The first-order valence-electron chi connectivity index (χ1n) is 9.97. The Kier molecular flexibility index (Phi) is 10.4. The average molecular weight is 349 g/mol. The van der Waals surface area contributed by atoms with Crippen LogP contribution >= 0.6 is 0 Å². The number of hydrogen-bond donors (Lipinski definition) is 0. The Hall–Kier alpha value is -1.38. The van der Waals surface area contributed by atoms with Crippen LogP contribution in [-0.2, 0) is 14.3 Å². The highest BCUT2D eigenvalue weighted by Crippen LogP contribution is 2.29. The lowest BCUT2D eigenvalue weighted by molar-refractivity contribution is -0.143. The Bertz CT molecular complexity index is 495. The maximum absolute atomic E-state index is 12.1. The van der Waals surface area contributed by atoms with Crippen LogP contribution in [0.5, 0.6) is 0 Å². The van der Waals surface area contributed by atoms with Crippen LogP contribution in [0.25, 0.3) is 0 Å². The molecule has 1 rings (SSSR count). The van der Waals surface area contributed by atoms with E-state index in [0.29, 0.717) is 25.4 Å². The third-order valence-corrected chi connectivity index (χ3v) is 4.89. The van der Waals surface area contributed by atoms with Crippen molar-refractivity contribution in [1.29, 1.82) is 0 Å². The average Bonchev–Trinajstić information content (AvgIpc) is 2.88. The molecule has 0 fully saturated rings. The van der Waals surface area contributed by atoms with Gasteiger partial charge in [0.2, 0.25) is 0 Å². The second-order valence-electron chi connectivity index (χ2n) is 7.61. The summed E-state index contributed by atoms with van der Waals surface area (Å²) in [5, 5.41) is 0. The Morgan fingerprint density at radius 3 is 2.64 bits per heavy atom. The van der Waals surface area contributed by atoms with E-state index in [2.05, 4.69) is 33.8 Å². The topological polar surface area (TPSA) is 43.4 Å². The molecule has 0 spiro atoms. The van der Waals surface area contributed by atoms with Crippen molar-refractivity contribution in [3.05, 3.63) is 22.8 Å². The summed E-state index contributed by atoms with van der Waals surface area (Å²) in [6, 6.07) is 0. The summed E-state index contributed by atoms with van der Waals surface area (Å²) in [4.78, 5) is 24.1. The minimum atomic E-state index is -0.172. The first kappa shape index (κ1) is 21.7. The zero-order valence-electron chi connectivity index (χ0n) is 16.7. The van der Waals surface area contributed by atoms with Gasteiger partial charge in [0.25, 0.3) is 0 Å². The van der Waals surface area contributed by atoms with Crippen molar-refractivity contribution in [2.45, 2.75) is 91.9 Å². The van der Waals surface area contributed by atoms with E-state index in [1.165, 1.54) is 5.57 Å². The van der Waals surface area contributed by atoms with Crippen LogP contribution in [-0.4, -0.2) is 18.4 Å². The summed E-state index contributed by atoms with van der Waals surface area (Å²) in [7, 11) is 0. The molecular weight excluding hydrogens is 312 g/mol. The highest BCUT2D eigenvalue weighted by Gasteiger charge is 2.24. The van der Waals surface area contributed by atoms with Crippen LogP contribution in [0.2, 0.25) is 0 Å². The Morgan fingerprint density at radius 1 is 1.20 bits per heavy atom. The summed E-state index contributed by atoms with van der Waals surface area (Å²) in [5.74, 6) is 0.626. The SMILES string of the molecule is CCCCCC1=C(CC(=O)OCCC(C)CCC=C(C)C)CCC1=O. The van der Waals surface area contributed by atoms with Gasteiger partial charge in [-0.1, -0.05) is 43.9 Å². The van der Waals surface area contributed by atoms with Gasteiger partial charge in [-0.05, 0) is 63.9 Å². The standard InChI is InChI=1S/C22H36O3/c1-5-6-7-11-20-19(12-13-21(20)23)16-22(24)25-15-14-18(4)10-8-9-17(2)3/h9,18H,5-8,10-16H2,1-4H3. The van der Waals surface area contributed by atoms with Gasteiger partial charge in [-0.25, -0.2) is 0 Å². The summed E-state index contributed by atoms with van der Waals surface area (Å²) in [6.45, 7) is 9.08. The van der Waals surface area contributed by atoms with E-state index in [-0.39, 0.29) is 11.8 Å². The molecule has 0 aromatic rings. The molecule has 0 saturated carbocycles. The molecule has 0 heterocycles. The number of ether oxygens (including phenoxy) is 1. The smallest absolute Gasteiger partial charge is 0.309 e. The monoisotopic (exact) mass is 348 g/mol. The van der Waals surface area contributed by atoms with Crippen molar-refractivity contribution >= 4 is 11.8 Å². The van der Waals surface area contributed by atoms with Crippen LogP contribution in [0, 0.1) is 5.92 Å². The van der Waals surface area contributed by atoms with Gasteiger partial charge >= 0.3 is 5.97 Å². The normalized spacial score (nSPS) is 15.4. The van der Waals surface area contributed by atoms with Crippen molar-refractivity contribution in [3.63, 3.8) is 0 Å². The van der Waals surface area contributed by atoms with Crippen molar-refractivity contribution in [2.24, 2.45) is 5.92 Å². The predicted octanol–water partition coefficient (Wildman–Crippen LogP) is 5.93. The number of carbonyl (C=O) groups excluding carboxylic acids is 2. The van der Waals surface area contributed by atoms with Crippen LogP contribution in [0.1, 0.15) is 91.9 Å². The number of carbonyl (C=O) groups is 2. The molecule has 142 valence electrons. The quantitative estimate of drug-likeness (QED) is 0.249. The summed E-state index contributed by atoms with van der Waals surface area (Å²) in [6.07, 6.45) is 11.2. The Labute approximate surface area is 153 Å². The zero-order chi connectivity index (χ0) is 18.7. The van der Waals surface area contributed by atoms with Crippen molar-refractivity contribution in [1.82, 2.24) is 0 Å². The second kappa shape index (κ2) is 12.1. The van der Waals surface area contributed by atoms with Gasteiger partial charge in [-0.2, -0.15) is 0 Å². The zero-order valence-corrected chi connectivity index (χ0v) is 16.7. The first-order chi connectivity index (χ1) is 11.9. The molecule has 1 atom stereocenters. The molecule has 0 aromatic heterocycles. The van der Waals surface area contributed by atoms with E-state index in [4.69, 9.17) is 4.74 Å². The van der Waals surface area contributed by atoms with E-state index in [0.717, 1.165) is 62.5 Å². The van der Waals surface area contributed by atoms with E-state index in [9.17, 15) is 9.59 Å². The van der Waals surface area contributed by atoms with Gasteiger partial charge in [0.1, 0.15) is 0 Å². The number of unbranched alkanes of at least 4 members (excludes halogenated alkanes) is 2. The molecule has 0 amide bonds. The summed E-state index contributed by atoms with van der Waals surface area (Å²) >= 11 is 0. The van der Waals surface area contributed by atoms with Gasteiger partial charge in [0.05, 0.1) is 13.0 Å². The van der Waals surface area contributed by atoms with Gasteiger partial charge in [-0.15, -0.1) is 0 Å². The predicted molar refractivity (Wildman–Crippen MR) is 103 cm³/mol. The van der Waals surface area contributed by atoms with E-state index >= 15 is 0 Å². The summed E-state index contributed by atoms with van der Waals surface area (Å²) in [5.41, 5.74) is 3.30. The molecule has 0 aromatic carbocycles. The highest BCUT2D eigenvalue weighted by atomic mass is 16.5. The number of ketones is 1. The Balaban J connectivity index is 2.32. The molecule has 3 heteroatoms. The van der Waals surface area contributed by atoms with Crippen molar-refractivity contribution in [3.8, 4) is 0 Å². The van der Waals surface area contributed by atoms with Gasteiger partial charge in [0.15, 0.2) is 5.78 Å². The number of esters is 1. The molecule has 1 unspecified atom stereocenters. The third kappa shape index (κ3) is 9.04. The van der Waals surface area contributed by atoms with Crippen LogP contribution in [0.15, 0.2) is 22.8 Å². The fourth-order valence-corrected chi connectivity index (χ4v) is 3.23. The summed E-state index contributed by atoms with van der Waals surface area (Å²) < 4.78 is 5.41. The van der Waals surface area contributed by atoms with Crippen molar-refractivity contribution in [2.75, 3.05) is 6.61 Å². The molecule has 1 aliphatic rings. The van der Waals surface area contributed by atoms with E-state index in [1.54, 1.807) is 0 Å². The molecule has 3 nitrogen and oxygen atoms in total. The molecule has 0 radical (unpaired) electrons. The minimum Gasteiger partial charge on any atom is -0.465 e. The fraction of sp³-hybridized carbons (Fsp3) is 0.727. The van der Waals surface area contributed by atoms with Crippen LogP contribution in [0.4, 0.5) is 0 Å². The van der Waals surface area contributed by atoms with Gasteiger partial charge in [-0.3, -0.25) is 9.59 Å².